The van der Waals surface area contributed by atoms with Crippen molar-refractivity contribution in [1.82, 2.24) is 5.32 Å². The van der Waals surface area contributed by atoms with Crippen LogP contribution in [0.3, 0.4) is 0 Å². The topological polar surface area (TPSA) is 62.8 Å². The molecule has 0 aliphatic carbocycles. The van der Waals surface area contributed by atoms with Crippen LogP contribution in [-0.2, 0) is 11.2 Å². The summed E-state index contributed by atoms with van der Waals surface area (Å²) >= 11 is 5.31. The van der Waals surface area contributed by atoms with Gasteiger partial charge in [0.1, 0.15) is 5.75 Å². The van der Waals surface area contributed by atoms with E-state index in [0.29, 0.717) is 31.4 Å². The van der Waals surface area contributed by atoms with Crippen molar-refractivity contribution in [2.75, 3.05) is 25.1 Å². The Balaban J connectivity index is 1.63. The zero-order chi connectivity index (χ0) is 13.9. The Labute approximate surface area is 123 Å². The van der Waals surface area contributed by atoms with E-state index in [-0.39, 0.29) is 6.04 Å². The number of ether oxygens (including phenoxy) is 2. The average Bonchev–Trinajstić information content (AvgIpc) is 2.91. The summed E-state index contributed by atoms with van der Waals surface area (Å²) in [6.45, 7) is 1.78. The maximum Gasteiger partial charge on any atom is 0.171 e. The highest BCUT2D eigenvalue weighted by molar-refractivity contribution is 7.80. The molecule has 5 nitrogen and oxygen atoms in total. The van der Waals surface area contributed by atoms with Crippen molar-refractivity contribution in [1.29, 1.82) is 0 Å². The van der Waals surface area contributed by atoms with Crippen molar-refractivity contribution in [3.05, 3.63) is 23.8 Å². The van der Waals surface area contributed by atoms with Gasteiger partial charge in [0.25, 0.3) is 0 Å². The lowest BCUT2D eigenvalue weighted by atomic mass is 10.1. The summed E-state index contributed by atoms with van der Waals surface area (Å²) in [6.07, 6.45) is 1.10. The molecule has 3 N–H and O–H groups in total. The molecule has 3 rings (SSSR count). The van der Waals surface area contributed by atoms with E-state index in [0.717, 1.165) is 23.4 Å². The van der Waals surface area contributed by atoms with Crippen LogP contribution in [0.15, 0.2) is 18.2 Å². The minimum Gasteiger partial charge on any atom is -0.493 e. The van der Waals surface area contributed by atoms with Gasteiger partial charge >= 0.3 is 0 Å². The summed E-state index contributed by atoms with van der Waals surface area (Å²) in [7, 11) is 0. The molecule has 108 valence electrons. The van der Waals surface area contributed by atoms with Crippen molar-refractivity contribution in [2.45, 2.75) is 25.0 Å². The molecule has 2 aliphatic heterocycles. The van der Waals surface area contributed by atoms with E-state index in [1.165, 1.54) is 0 Å². The fraction of sp³-hybridized carbons (Fsp3) is 0.500. The molecule has 2 heterocycles. The second-order valence-electron chi connectivity index (χ2n) is 5.02. The number of rotatable bonds is 2. The maximum atomic E-state index is 9.89. The van der Waals surface area contributed by atoms with Crippen LogP contribution in [0.2, 0.25) is 0 Å². The van der Waals surface area contributed by atoms with E-state index < -0.39 is 6.10 Å². The maximum absolute atomic E-state index is 9.89. The normalized spacial score (nSPS) is 24.6. The number of fused-ring (bicyclic) bond motifs is 1. The molecular weight excluding hydrogens is 276 g/mol. The van der Waals surface area contributed by atoms with Crippen molar-refractivity contribution in [3.8, 4) is 5.75 Å². The second kappa shape index (κ2) is 5.95. The molecule has 20 heavy (non-hydrogen) atoms. The summed E-state index contributed by atoms with van der Waals surface area (Å²) < 4.78 is 10.9. The molecule has 1 aromatic rings. The Morgan fingerprint density at radius 1 is 1.35 bits per heavy atom. The highest BCUT2D eigenvalue weighted by Gasteiger charge is 2.24. The van der Waals surface area contributed by atoms with Crippen LogP contribution in [0, 0.1) is 0 Å². The number of aliphatic hydroxyl groups excluding tert-OH is 1. The Kier molecular flexibility index (Phi) is 4.05. The van der Waals surface area contributed by atoms with Gasteiger partial charge in [0.15, 0.2) is 5.11 Å². The number of nitrogens with one attached hydrogen (secondary N) is 2. The van der Waals surface area contributed by atoms with Gasteiger partial charge in [0.05, 0.1) is 25.4 Å². The van der Waals surface area contributed by atoms with E-state index in [1.54, 1.807) is 0 Å². The number of hydrogen-bond donors (Lipinski definition) is 3. The summed E-state index contributed by atoms with van der Waals surface area (Å²) in [6, 6.07) is 5.72. The summed E-state index contributed by atoms with van der Waals surface area (Å²) in [4.78, 5) is 0. The lowest BCUT2D eigenvalue weighted by Gasteiger charge is -2.29. The predicted molar refractivity (Wildman–Crippen MR) is 80.2 cm³/mol. The molecular formula is C14H18N2O3S. The van der Waals surface area contributed by atoms with E-state index in [2.05, 4.69) is 10.6 Å². The smallest absolute Gasteiger partial charge is 0.171 e. The zero-order valence-electron chi connectivity index (χ0n) is 11.1. The zero-order valence-corrected chi connectivity index (χ0v) is 11.9. The van der Waals surface area contributed by atoms with Gasteiger partial charge in [-0.1, -0.05) is 6.07 Å². The molecule has 0 amide bonds. The average molecular weight is 294 g/mol. The quantitative estimate of drug-likeness (QED) is 0.709. The molecule has 0 spiro atoms. The molecule has 0 aromatic heterocycles. The van der Waals surface area contributed by atoms with Crippen LogP contribution in [0.5, 0.6) is 5.75 Å². The Bertz CT molecular complexity index is 509. The van der Waals surface area contributed by atoms with Crippen LogP contribution in [-0.4, -0.2) is 42.2 Å². The standard InChI is InChI=1S/C14H18N2O3S/c17-12-5-6-18-8-11(12)16-14(20)15-10-2-1-3-13-9(10)4-7-19-13/h1-3,11-12,17H,4-8H2,(H2,15,16,20)/t11-,12+/m1/s1. The van der Waals surface area contributed by atoms with Crippen molar-refractivity contribution in [2.24, 2.45) is 0 Å². The van der Waals surface area contributed by atoms with Crippen LogP contribution < -0.4 is 15.4 Å². The number of thiocarbonyl (C=S) groups is 1. The highest BCUT2D eigenvalue weighted by atomic mass is 32.1. The fourth-order valence-electron chi connectivity index (χ4n) is 2.53. The first kappa shape index (κ1) is 13.6. The Hall–Kier alpha value is -1.37. The van der Waals surface area contributed by atoms with Gasteiger partial charge in [-0.15, -0.1) is 0 Å². The molecule has 1 aromatic carbocycles. The highest BCUT2D eigenvalue weighted by Crippen LogP contribution is 2.31. The molecule has 1 fully saturated rings. The molecule has 1 saturated heterocycles. The first-order chi connectivity index (χ1) is 9.74. The predicted octanol–water partition coefficient (Wildman–Crippen LogP) is 1.06. The van der Waals surface area contributed by atoms with Gasteiger partial charge in [0, 0.05) is 24.3 Å². The van der Waals surface area contributed by atoms with Crippen LogP contribution in [0.1, 0.15) is 12.0 Å². The van der Waals surface area contributed by atoms with E-state index in [1.807, 2.05) is 18.2 Å². The van der Waals surface area contributed by atoms with E-state index in [4.69, 9.17) is 21.7 Å². The molecule has 0 bridgehead atoms. The summed E-state index contributed by atoms with van der Waals surface area (Å²) in [5, 5.41) is 16.7. The third-order valence-electron chi connectivity index (χ3n) is 3.63. The second-order valence-corrected chi connectivity index (χ2v) is 5.42. The van der Waals surface area contributed by atoms with Gasteiger partial charge < -0.3 is 25.2 Å². The molecule has 2 atom stereocenters. The number of aliphatic hydroxyl groups is 1. The summed E-state index contributed by atoms with van der Waals surface area (Å²) in [5.41, 5.74) is 2.11. The number of hydrogen-bond acceptors (Lipinski definition) is 4. The number of anilines is 1. The minimum absolute atomic E-state index is 0.156. The van der Waals surface area contributed by atoms with Gasteiger partial charge in [-0.05, 0) is 30.8 Å². The Morgan fingerprint density at radius 3 is 3.10 bits per heavy atom. The van der Waals surface area contributed by atoms with E-state index >= 15 is 0 Å². The van der Waals surface area contributed by atoms with E-state index in [9.17, 15) is 5.11 Å². The van der Waals surface area contributed by atoms with Gasteiger partial charge in [-0.3, -0.25) is 0 Å². The molecule has 0 radical (unpaired) electrons. The van der Waals surface area contributed by atoms with Gasteiger partial charge in [0.2, 0.25) is 0 Å². The monoisotopic (exact) mass is 294 g/mol. The fourth-order valence-corrected chi connectivity index (χ4v) is 2.79. The first-order valence-electron chi connectivity index (χ1n) is 6.82. The lowest BCUT2D eigenvalue weighted by molar-refractivity contribution is -0.00932. The van der Waals surface area contributed by atoms with Crippen molar-refractivity contribution < 1.29 is 14.6 Å². The van der Waals surface area contributed by atoms with Gasteiger partial charge in [-0.25, -0.2) is 0 Å². The van der Waals surface area contributed by atoms with Gasteiger partial charge in [-0.2, -0.15) is 0 Å². The molecule has 6 heteroatoms. The molecule has 0 unspecified atom stereocenters. The molecule has 0 saturated carbocycles. The Morgan fingerprint density at radius 2 is 2.25 bits per heavy atom. The van der Waals surface area contributed by atoms with Crippen LogP contribution >= 0.6 is 12.2 Å². The molecule has 2 aliphatic rings. The third kappa shape index (κ3) is 2.87. The number of benzene rings is 1. The largest absolute Gasteiger partial charge is 0.493 e. The summed E-state index contributed by atoms with van der Waals surface area (Å²) in [5.74, 6) is 0.916. The van der Waals surface area contributed by atoms with Crippen molar-refractivity contribution >= 4 is 23.0 Å². The van der Waals surface area contributed by atoms with Crippen molar-refractivity contribution in [3.63, 3.8) is 0 Å². The SMILES string of the molecule is O[C@H]1CCOC[C@H]1NC(=S)Nc1cccc2c1CCO2. The van der Waals surface area contributed by atoms with Crippen LogP contribution in [0.25, 0.3) is 0 Å². The van der Waals surface area contributed by atoms with Crippen LogP contribution in [0.4, 0.5) is 5.69 Å². The first-order valence-corrected chi connectivity index (χ1v) is 7.23. The minimum atomic E-state index is -0.423. The lowest BCUT2D eigenvalue weighted by Crippen LogP contribution is -2.50. The third-order valence-corrected chi connectivity index (χ3v) is 3.85.